The molecule has 1 aliphatic heterocycles. The van der Waals surface area contributed by atoms with Gasteiger partial charge in [0, 0.05) is 30.9 Å². The van der Waals surface area contributed by atoms with Gasteiger partial charge in [0.2, 0.25) is 5.36 Å². The highest BCUT2D eigenvalue weighted by Gasteiger charge is 2.10. The van der Waals surface area contributed by atoms with E-state index < -0.39 is 0 Å². The van der Waals surface area contributed by atoms with Crippen molar-refractivity contribution < 1.29 is 0 Å². The maximum absolute atomic E-state index is 4.80. The van der Waals surface area contributed by atoms with E-state index in [0.717, 1.165) is 24.3 Å². The Morgan fingerprint density at radius 1 is 1.05 bits per heavy atom. The molecule has 0 amide bonds. The summed E-state index contributed by atoms with van der Waals surface area (Å²) in [6.45, 7) is 6.44. The average molecular weight is 312 g/mol. The fourth-order valence-electron chi connectivity index (χ4n) is 2.67. The Balaban J connectivity index is 2.22. The maximum atomic E-state index is 4.80. The van der Waals surface area contributed by atoms with Crippen molar-refractivity contribution in [2.45, 2.75) is 13.8 Å². The molecular formula is C18H22N3S+. The van der Waals surface area contributed by atoms with Crippen LogP contribution in [-0.2, 0) is 0 Å². The molecule has 0 aromatic heterocycles. The highest BCUT2D eigenvalue weighted by molar-refractivity contribution is 7.21. The smallest absolute Gasteiger partial charge is 0.201 e. The Kier molecular flexibility index (Phi) is 4.12. The van der Waals surface area contributed by atoms with Crippen LogP contribution < -0.4 is 14.8 Å². The molecule has 1 aromatic carbocycles. The molecule has 3 rings (SSSR count). The van der Waals surface area contributed by atoms with Gasteiger partial charge in [-0.15, -0.1) is 11.3 Å². The quantitative estimate of drug-likeness (QED) is 0.546. The van der Waals surface area contributed by atoms with Crippen molar-refractivity contribution in [3.8, 4) is 10.6 Å². The minimum atomic E-state index is 1.03. The fraction of sp³-hybridized carbons (Fsp3) is 0.333. The number of benzene rings is 2. The molecule has 0 saturated carbocycles. The largest absolute Gasteiger partial charge is 0.372 e. The van der Waals surface area contributed by atoms with E-state index in [4.69, 9.17) is 4.98 Å². The Morgan fingerprint density at radius 2 is 1.82 bits per heavy atom. The van der Waals surface area contributed by atoms with Gasteiger partial charge < -0.3 is 4.90 Å². The van der Waals surface area contributed by atoms with Crippen LogP contribution in [0.5, 0.6) is 0 Å². The summed E-state index contributed by atoms with van der Waals surface area (Å²) in [6, 6.07) is 13.0. The first-order valence-corrected chi connectivity index (χ1v) is 8.54. The first kappa shape index (κ1) is 15.0. The van der Waals surface area contributed by atoms with Crippen molar-refractivity contribution in [1.29, 1.82) is 0 Å². The van der Waals surface area contributed by atoms with Crippen LogP contribution in [0.1, 0.15) is 13.8 Å². The topological polar surface area (TPSA) is 19.1 Å². The first-order chi connectivity index (χ1) is 10.6. The Bertz CT molecular complexity index is 842. The summed E-state index contributed by atoms with van der Waals surface area (Å²) in [5.74, 6) is 0. The van der Waals surface area contributed by atoms with Crippen molar-refractivity contribution in [3.63, 3.8) is 0 Å². The van der Waals surface area contributed by atoms with E-state index in [1.807, 2.05) is 11.3 Å². The van der Waals surface area contributed by atoms with Gasteiger partial charge >= 0.3 is 0 Å². The molecule has 0 radical (unpaired) electrons. The molecule has 0 unspecified atom stereocenters. The molecule has 3 nitrogen and oxygen atoms in total. The molecule has 4 heteroatoms. The van der Waals surface area contributed by atoms with Crippen LogP contribution in [0.15, 0.2) is 36.4 Å². The van der Waals surface area contributed by atoms with Crippen LogP contribution in [0, 0.1) is 0 Å². The van der Waals surface area contributed by atoms with E-state index in [2.05, 4.69) is 73.8 Å². The molecule has 0 bridgehead atoms. The van der Waals surface area contributed by atoms with Crippen LogP contribution in [0.2, 0.25) is 0 Å². The summed E-state index contributed by atoms with van der Waals surface area (Å²) in [4.78, 5) is 8.40. The maximum Gasteiger partial charge on any atom is 0.201 e. The average Bonchev–Trinajstić information content (AvgIpc) is 2.53. The first-order valence-electron chi connectivity index (χ1n) is 7.72. The summed E-state index contributed by atoms with van der Waals surface area (Å²) in [5, 5.41) is 1.21. The Hall–Kier alpha value is -1.94. The summed E-state index contributed by atoms with van der Waals surface area (Å²) < 4.78 is 3.37. The number of hydrogen-bond donors (Lipinski definition) is 0. The molecule has 1 heterocycles. The van der Waals surface area contributed by atoms with Crippen LogP contribution in [0.3, 0.4) is 0 Å². The third-order valence-electron chi connectivity index (χ3n) is 3.99. The number of fused-ring (bicyclic) bond motifs is 2. The third-order valence-corrected chi connectivity index (χ3v) is 5.09. The lowest BCUT2D eigenvalue weighted by Gasteiger charge is -2.21. The monoisotopic (exact) mass is 312 g/mol. The van der Waals surface area contributed by atoms with Crippen molar-refractivity contribution in [2.75, 3.05) is 32.1 Å². The van der Waals surface area contributed by atoms with E-state index in [0.29, 0.717) is 0 Å². The van der Waals surface area contributed by atoms with Crippen LogP contribution >= 0.6 is 11.3 Å². The van der Waals surface area contributed by atoms with Crippen molar-refractivity contribution in [1.82, 2.24) is 9.56 Å². The van der Waals surface area contributed by atoms with E-state index in [-0.39, 0.29) is 0 Å². The van der Waals surface area contributed by atoms with Gasteiger partial charge in [0.25, 0.3) is 0 Å². The normalized spacial score (nSPS) is 11.1. The molecule has 0 N–H and O–H groups in total. The minimum Gasteiger partial charge on any atom is -0.372 e. The van der Waals surface area contributed by atoms with Gasteiger partial charge in [0.05, 0.1) is 20.8 Å². The Morgan fingerprint density at radius 3 is 2.50 bits per heavy atom. The zero-order valence-corrected chi connectivity index (χ0v) is 14.4. The third kappa shape index (κ3) is 2.71. The van der Waals surface area contributed by atoms with Gasteiger partial charge in [0.1, 0.15) is 14.1 Å². The number of aromatic nitrogens is 1. The molecule has 114 valence electrons. The molecule has 0 saturated heterocycles. The highest BCUT2D eigenvalue weighted by Crippen LogP contribution is 2.31. The van der Waals surface area contributed by atoms with E-state index in [1.54, 1.807) is 0 Å². The molecule has 0 spiro atoms. The minimum absolute atomic E-state index is 1.03. The standard InChI is InChI=1S/C18H22N3S/c1-5-21(6-2)14-8-10-16-18(12-14)22-17-11-13(20(3)4)7-9-15(17)19-16/h7-12H,5-6H2,1-4H3/q+1. The molecule has 22 heavy (non-hydrogen) atoms. The van der Waals surface area contributed by atoms with Crippen LogP contribution in [0.4, 0.5) is 5.69 Å². The fourth-order valence-corrected chi connectivity index (χ4v) is 3.70. The second-order valence-corrected chi connectivity index (χ2v) is 6.67. The van der Waals surface area contributed by atoms with E-state index in [9.17, 15) is 0 Å². The van der Waals surface area contributed by atoms with Crippen molar-refractivity contribution >= 4 is 27.2 Å². The number of anilines is 1. The summed E-state index contributed by atoms with van der Waals surface area (Å²) in [7, 11) is 4.14. The second-order valence-electron chi connectivity index (χ2n) is 5.58. The number of nitrogens with zero attached hydrogens (tertiary/aromatic N) is 3. The van der Waals surface area contributed by atoms with Crippen LogP contribution in [0.25, 0.3) is 20.8 Å². The van der Waals surface area contributed by atoms with Gasteiger partial charge in [-0.1, -0.05) is 0 Å². The van der Waals surface area contributed by atoms with Crippen molar-refractivity contribution in [3.05, 3.63) is 41.8 Å². The molecular weight excluding hydrogens is 290 g/mol. The summed E-state index contributed by atoms with van der Waals surface area (Å²) >= 11 is 1.82. The lowest BCUT2D eigenvalue weighted by molar-refractivity contribution is 0.814. The lowest BCUT2D eigenvalue weighted by atomic mass is 10.2. The Labute approximate surface area is 135 Å². The number of rotatable bonds is 3. The molecule has 1 aliphatic carbocycles. The van der Waals surface area contributed by atoms with Gasteiger partial charge in [-0.3, -0.25) is 0 Å². The highest BCUT2D eigenvalue weighted by atomic mass is 32.1. The summed E-state index contributed by atoms with van der Waals surface area (Å²) in [5.41, 5.74) is 3.42. The van der Waals surface area contributed by atoms with Crippen LogP contribution in [-0.4, -0.2) is 32.2 Å². The van der Waals surface area contributed by atoms with Gasteiger partial charge in [0.15, 0.2) is 0 Å². The SMILES string of the molecule is CCN(CC)c1ccc2nc3ccc(=[N+](C)C)cc-3sc2c1. The second kappa shape index (κ2) is 6.05. The summed E-state index contributed by atoms with van der Waals surface area (Å²) in [6.07, 6.45) is 0. The predicted octanol–water partition coefficient (Wildman–Crippen LogP) is 3.28. The lowest BCUT2D eigenvalue weighted by Crippen LogP contribution is -2.21. The van der Waals surface area contributed by atoms with Gasteiger partial charge in [-0.05, 0) is 38.1 Å². The molecule has 0 atom stereocenters. The number of hydrogen-bond acceptors (Lipinski definition) is 3. The molecule has 1 aromatic rings. The predicted molar refractivity (Wildman–Crippen MR) is 96.9 cm³/mol. The van der Waals surface area contributed by atoms with Gasteiger partial charge in [-0.25, -0.2) is 9.56 Å². The molecule has 2 aliphatic rings. The van der Waals surface area contributed by atoms with Gasteiger partial charge in [-0.2, -0.15) is 0 Å². The van der Waals surface area contributed by atoms with E-state index in [1.165, 1.54) is 20.6 Å². The van der Waals surface area contributed by atoms with E-state index >= 15 is 0 Å². The zero-order valence-electron chi connectivity index (χ0n) is 13.6. The zero-order chi connectivity index (χ0) is 15.7. The van der Waals surface area contributed by atoms with Crippen molar-refractivity contribution in [2.24, 2.45) is 0 Å². The molecule has 0 fully saturated rings.